The molecule has 24 heavy (non-hydrogen) atoms. The van der Waals surface area contributed by atoms with E-state index in [0.29, 0.717) is 5.69 Å². The van der Waals surface area contributed by atoms with Gasteiger partial charge in [0.1, 0.15) is 5.70 Å². The van der Waals surface area contributed by atoms with Crippen molar-refractivity contribution in [3.63, 3.8) is 0 Å². The van der Waals surface area contributed by atoms with Crippen LogP contribution in [0.25, 0.3) is 6.08 Å². The van der Waals surface area contributed by atoms with Gasteiger partial charge in [-0.05, 0) is 61.2 Å². The van der Waals surface area contributed by atoms with E-state index in [4.69, 9.17) is 0 Å². The van der Waals surface area contributed by atoms with Crippen LogP contribution in [-0.2, 0) is 9.59 Å². The van der Waals surface area contributed by atoms with Gasteiger partial charge in [0.15, 0.2) is 0 Å². The molecule has 0 saturated carbocycles. The molecule has 0 aliphatic heterocycles. The highest BCUT2D eigenvalue weighted by molar-refractivity contribution is 6.08. The van der Waals surface area contributed by atoms with Crippen molar-refractivity contribution < 1.29 is 9.59 Å². The zero-order chi connectivity index (χ0) is 17.7. The summed E-state index contributed by atoms with van der Waals surface area (Å²) in [5.41, 5.74) is 5.08. The lowest BCUT2D eigenvalue weighted by Gasteiger charge is -2.11. The quantitative estimate of drug-likeness (QED) is 0.843. The van der Waals surface area contributed by atoms with Crippen LogP contribution in [-0.4, -0.2) is 11.8 Å². The SMILES string of the molecule is CC(=O)NC(=Cc1ccccc1C)C(=O)Nc1ccc(C)c(C)c1. The molecular formula is C20H22N2O2. The van der Waals surface area contributed by atoms with Gasteiger partial charge in [0.05, 0.1) is 0 Å². The zero-order valence-corrected chi connectivity index (χ0v) is 14.4. The molecule has 4 nitrogen and oxygen atoms in total. The van der Waals surface area contributed by atoms with Crippen molar-refractivity contribution in [1.82, 2.24) is 5.32 Å². The molecule has 2 amide bonds. The van der Waals surface area contributed by atoms with Crippen LogP contribution in [0, 0.1) is 20.8 Å². The molecule has 0 bridgehead atoms. The van der Waals surface area contributed by atoms with Gasteiger partial charge in [-0.1, -0.05) is 30.3 Å². The van der Waals surface area contributed by atoms with Gasteiger partial charge in [-0.3, -0.25) is 9.59 Å². The highest BCUT2D eigenvalue weighted by Gasteiger charge is 2.12. The molecule has 4 heteroatoms. The number of aryl methyl sites for hydroxylation is 3. The van der Waals surface area contributed by atoms with Gasteiger partial charge in [0.2, 0.25) is 5.91 Å². The molecule has 0 atom stereocenters. The van der Waals surface area contributed by atoms with Gasteiger partial charge in [0, 0.05) is 12.6 Å². The summed E-state index contributed by atoms with van der Waals surface area (Å²) in [6.07, 6.45) is 1.69. The first-order valence-corrected chi connectivity index (χ1v) is 7.80. The van der Waals surface area contributed by atoms with Crippen LogP contribution in [0.5, 0.6) is 0 Å². The lowest BCUT2D eigenvalue weighted by Crippen LogP contribution is -2.29. The predicted octanol–water partition coefficient (Wildman–Crippen LogP) is 3.73. The zero-order valence-electron chi connectivity index (χ0n) is 14.4. The van der Waals surface area contributed by atoms with Crippen LogP contribution in [0.2, 0.25) is 0 Å². The van der Waals surface area contributed by atoms with E-state index < -0.39 is 0 Å². The fourth-order valence-corrected chi connectivity index (χ4v) is 2.27. The second-order valence-corrected chi connectivity index (χ2v) is 5.85. The maximum Gasteiger partial charge on any atom is 0.272 e. The van der Waals surface area contributed by atoms with Gasteiger partial charge < -0.3 is 10.6 Å². The minimum absolute atomic E-state index is 0.218. The van der Waals surface area contributed by atoms with E-state index in [1.807, 2.05) is 63.2 Å². The van der Waals surface area contributed by atoms with Crippen LogP contribution < -0.4 is 10.6 Å². The Morgan fingerprint density at radius 3 is 2.25 bits per heavy atom. The molecule has 0 fully saturated rings. The topological polar surface area (TPSA) is 58.2 Å². The molecule has 0 aliphatic rings. The number of benzene rings is 2. The van der Waals surface area contributed by atoms with Crippen molar-refractivity contribution in [2.75, 3.05) is 5.32 Å². The molecule has 0 spiro atoms. The third-order valence-corrected chi connectivity index (χ3v) is 3.81. The van der Waals surface area contributed by atoms with E-state index in [0.717, 1.165) is 22.3 Å². The summed E-state index contributed by atoms with van der Waals surface area (Å²) < 4.78 is 0. The van der Waals surface area contributed by atoms with E-state index in [1.165, 1.54) is 6.92 Å². The Hall–Kier alpha value is -2.88. The Balaban J connectivity index is 2.30. The largest absolute Gasteiger partial charge is 0.322 e. The van der Waals surface area contributed by atoms with Crippen LogP contribution >= 0.6 is 0 Å². The van der Waals surface area contributed by atoms with E-state index in [2.05, 4.69) is 10.6 Å². The first kappa shape index (κ1) is 17.5. The average Bonchev–Trinajstić information content (AvgIpc) is 2.52. The van der Waals surface area contributed by atoms with Crippen molar-refractivity contribution in [1.29, 1.82) is 0 Å². The smallest absolute Gasteiger partial charge is 0.272 e. The van der Waals surface area contributed by atoms with Gasteiger partial charge >= 0.3 is 0 Å². The molecule has 0 unspecified atom stereocenters. The summed E-state index contributed by atoms with van der Waals surface area (Å²) in [6.45, 7) is 7.35. The second-order valence-electron chi connectivity index (χ2n) is 5.85. The fraction of sp³-hybridized carbons (Fsp3) is 0.200. The van der Waals surface area contributed by atoms with E-state index in [9.17, 15) is 9.59 Å². The number of amides is 2. The Morgan fingerprint density at radius 2 is 1.62 bits per heavy atom. The molecule has 0 aromatic heterocycles. The Bertz CT molecular complexity index is 807. The molecule has 0 aliphatic carbocycles. The van der Waals surface area contributed by atoms with Crippen molar-refractivity contribution in [3.8, 4) is 0 Å². The molecular weight excluding hydrogens is 300 g/mol. The highest BCUT2D eigenvalue weighted by atomic mass is 16.2. The minimum atomic E-state index is -0.350. The lowest BCUT2D eigenvalue weighted by molar-refractivity contribution is -0.120. The van der Waals surface area contributed by atoms with Crippen molar-refractivity contribution >= 4 is 23.6 Å². The first-order valence-electron chi connectivity index (χ1n) is 7.80. The maximum absolute atomic E-state index is 12.6. The number of carbonyl (C=O) groups is 2. The molecule has 2 aromatic carbocycles. The third kappa shape index (κ3) is 4.56. The Morgan fingerprint density at radius 1 is 0.917 bits per heavy atom. The van der Waals surface area contributed by atoms with Gasteiger partial charge in [-0.15, -0.1) is 0 Å². The monoisotopic (exact) mass is 322 g/mol. The number of hydrogen-bond acceptors (Lipinski definition) is 2. The fourth-order valence-electron chi connectivity index (χ4n) is 2.27. The van der Waals surface area contributed by atoms with Gasteiger partial charge in [-0.2, -0.15) is 0 Å². The molecule has 0 saturated heterocycles. The maximum atomic E-state index is 12.6. The first-order chi connectivity index (χ1) is 11.4. The highest BCUT2D eigenvalue weighted by Crippen LogP contribution is 2.16. The molecule has 0 radical (unpaired) electrons. The number of rotatable bonds is 4. The van der Waals surface area contributed by atoms with Crippen molar-refractivity contribution in [3.05, 3.63) is 70.4 Å². The Kier molecular flexibility index (Phi) is 5.53. The number of carbonyl (C=O) groups excluding carboxylic acids is 2. The Labute approximate surface area is 142 Å². The molecule has 2 N–H and O–H groups in total. The van der Waals surface area contributed by atoms with Crippen molar-refractivity contribution in [2.45, 2.75) is 27.7 Å². The predicted molar refractivity (Wildman–Crippen MR) is 97.5 cm³/mol. The number of nitrogens with one attached hydrogen (secondary N) is 2. The van der Waals surface area contributed by atoms with E-state index >= 15 is 0 Å². The molecule has 124 valence electrons. The lowest BCUT2D eigenvalue weighted by atomic mass is 10.1. The number of anilines is 1. The second kappa shape index (κ2) is 7.59. The summed E-state index contributed by atoms with van der Waals surface area (Å²) >= 11 is 0. The van der Waals surface area contributed by atoms with Crippen LogP contribution in [0.3, 0.4) is 0 Å². The standard InChI is InChI=1S/C20H22N2O2/c1-13-9-10-18(11-15(13)3)22-20(24)19(21-16(4)23)12-17-8-6-5-7-14(17)2/h5-12H,1-4H3,(H,21,23)(H,22,24). The third-order valence-electron chi connectivity index (χ3n) is 3.81. The molecule has 0 heterocycles. The summed E-state index contributed by atoms with van der Waals surface area (Å²) in [4.78, 5) is 24.0. The van der Waals surface area contributed by atoms with Crippen molar-refractivity contribution in [2.24, 2.45) is 0 Å². The van der Waals surface area contributed by atoms with Crippen LogP contribution in [0.15, 0.2) is 48.2 Å². The molecule has 2 rings (SSSR count). The van der Waals surface area contributed by atoms with E-state index in [-0.39, 0.29) is 17.5 Å². The van der Waals surface area contributed by atoms with Gasteiger partial charge in [-0.25, -0.2) is 0 Å². The summed E-state index contributed by atoms with van der Waals surface area (Å²) in [5, 5.41) is 5.44. The van der Waals surface area contributed by atoms with Crippen LogP contribution in [0.1, 0.15) is 29.2 Å². The van der Waals surface area contributed by atoms with E-state index in [1.54, 1.807) is 6.08 Å². The average molecular weight is 322 g/mol. The summed E-state index contributed by atoms with van der Waals surface area (Å²) in [5.74, 6) is -0.637. The minimum Gasteiger partial charge on any atom is -0.322 e. The van der Waals surface area contributed by atoms with Gasteiger partial charge in [0.25, 0.3) is 5.91 Å². The summed E-state index contributed by atoms with van der Waals surface area (Å²) in [7, 11) is 0. The summed E-state index contributed by atoms with van der Waals surface area (Å²) in [6, 6.07) is 13.4. The normalized spacial score (nSPS) is 11.1. The van der Waals surface area contributed by atoms with Crippen LogP contribution in [0.4, 0.5) is 5.69 Å². The number of hydrogen-bond donors (Lipinski definition) is 2. The molecule has 2 aromatic rings.